The fourth-order valence-corrected chi connectivity index (χ4v) is 6.88. The number of nitrogens with zero attached hydrogens (tertiary/aromatic N) is 3. The van der Waals surface area contributed by atoms with Gasteiger partial charge in [0.05, 0.1) is 10.9 Å². The number of nitrogens with two attached hydrogens (primary N) is 1. The third-order valence-electron chi connectivity index (χ3n) is 8.85. The van der Waals surface area contributed by atoms with Crippen LogP contribution in [0.1, 0.15) is 57.8 Å². The van der Waals surface area contributed by atoms with Crippen molar-refractivity contribution < 1.29 is 9.59 Å². The van der Waals surface area contributed by atoms with Gasteiger partial charge in [0.15, 0.2) is 4.77 Å². The van der Waals surface area contributed by atoms with Gasteiger partial charge in [-0.3, -0.25) is 23.9 Å². The van der Waals surface area contributed by atoms with Crippen molar-refractivity contribution in [3.8, 4) is 0 Å². The Bertz CT molecular complexity index is 1230. The van der Waals surface area contributed by atoms with E-state index >= 15 is 0 Å². The molecule has 9 heteroatoms. The molecule has 8 nitrogen and oxygen atoms in total. The summed E-state index contributed by atoms with van der Waals surface area (Å²) in [5, 5.41) is 0.650. The van der Waals surface area contributed by atoms with E-state index in [2.05, 4.69) is 9.88 Å². The van der Waals surface area contributed by atoms with Crippen molar-refractivity contribution >= 4 is 34.9 Å². The van der Waals surface area contributed by atoms with Crippen LogP contribution in [0.4, 0.5) is 0 Å². The average molecular weight is 512 g/mol. The largest absolute Gasteiger partial charge is 0.368 e. The van der Waals surface area contributed by atoms with Gasteiger partial charge in [0, 0.05) is 25.6 Å². The molecule has 2 aliphatic heterocycles. The van der Waals surface area contributed by atoms with Crippen molar-refractivity contribution in [2.45, 2.75) is 69.9 Å². The number of likely N-dealkylation sites (tertiary alicyclic amines) is 2. The molecule has 194 valence electrons. The molecule has 0 unspecified atom stereocenters. The van der Waals surface area contributed by atoms with Gasteiger partial charge in [0.2, 0.25) is 11.8 Å². The number of carbonyl (C=O) groups excluding carboxylic acids is 2. The first-order chi connectivity index (χ1) is 17.4. The number of nitrogens with one attached hydrogen (secondary N) is 1. The summed E-state index contributed by atoms with van der Waals surface area (Å²) < 4.78 is 2.14. The summed E-state index contributed by atoms with van der Waals surface area (Å²) in [5.41, 5.74) is 6.03. The molecule has 36 heavy (non-hydrogen) atoms. The number of hydrogen-bond acceptors (Lipinski definition) is 5. The summed E-state index contributed by atoms with van der Waals surface area (Å²) in [7, 11) is 0. The monoisotopic (exact) mass is 511 g/mol. The Balaban J connectivity index is 1.18. The van der Waals surface area contributed by atoms with Crippen LogP contribution < -0.4 is 11.3 Å². The smallest absolute Gasteiger partial charge is 0.262 e. The van der Waals surface area contributed by atoms with Crippen molar-refractivity contribution in [1.82, 2.24) is 19.4 Å². The van der Waals surface area contributed by atoms with E-state index in [9.17, 15) is 14.4 Å². The number of fused-ring (bicyclic) bond motifs is 1. The minimum absolute atomic E-state index is 0.0141. The molecule has 0 bridgehead atoms. The maximum atomic E-state index is 13.3. The predicted octanol–water partition coefficient (Wildman–Crippen LogP) is 3.20. The fourth-order valence-electron chi connectivity index (χ4n) is 6.61. The van der Waals surface area contributed by atoms with E-state index in [1.54, 1.807) is 4.57 Å². The molecule has 1 saturated carbocycles. The first kappa shape index (κ1) is 25.1. The quantitative estimate of drug-likeness (QED) is 0.600. The number of benzene rings is 1. The maximum absolute atomic E-state index is 13.3. The zero-order chi connectivity index (χ0) is 25.3. The molecule has 5 rings (SSSR count). The highest BCUT2D eigenvalue weighted by Crippen LogP contribution is 2.35. The lowest BCUT2D eigenvalue weighted by atomic mass is 9.79. The third kappa shape index (κ3) is 4.75. The number of rotatable bonds is 5. The van der Waals surface area contributed by atoms with Gasteiger partial charge in [-0.15, -0.1) is 0 Å². The molecule has 0 radical (unpaired) electrons. The lowest BCUT2D eigenvalue weighted by Crippen LogP contribution is -2.64. The number of para-hydroxylation sites is 1. The molecule has 0 atom stereocenters. The van der Waals surface area contributed by atoms with Crippen LogP contribution in [0.3, 0.4) is 0 Å². The fraction of sp³-hybridized carbons (Fsp3) is 0.630. The van der Waals surface area contributed by atoms with Gasteiger partial charge in [-0.1, -0.05) is 18.6 Å². The van der Waals surface area contributed by atoms with Crippen molar-refractivity contribution in [2.75, 3.05) is 26.2 Å². The molecule has 2 aromatic rings. The summed E-state index contributed by atoms with van der Waals surface area (Å²) in [6.45, 7) is 3.62. The second-order valence-corrected chi connectivity index (χ2v) is 11.3. The zero-order valence-corrected chi connectivity index (χ0v) is 21.7. The first-order valence-electron chi connectivity index (χ1n) is 13.4. The number of carbonyl (C=O) groups is 2. The van der Waals surface area contributed by atoms with Crippen LogP contribution in [-0.4, -0.2) is 62.9 Å². The SMILES string of the molecule is NC(=O)C1(N2CCCCC2)CCN(C(=O)C2CCC(Cn3c(=S)[nH]c4ccccc4c3=O)CC2)CC1. The topological polar surface area (TPSA) is 104 Å². The van der Waals surface area contributed by atoms with E-state index < -0.39 is 5.54 Å². The van der Waals surface area contributed by atoms with Crippen LogP contribution in [0.15, 0.2) is 29.1 Å². The highest BCUT2D eigenvalue weighted by Gasteiger charge is 2.46. The Morgan fingerprint density at radius 2 is 1.67 bits per heavy atom. The third-order valence-corrected chi connectivity index (χ3v) is 9.17. The molecule has 1 aliphatic carbocycles. The number of primary amides is 1. The van der Waals surface area contributed by atoms with Crippen LogP contribution in [0.25, 0.3) is 10.9 Å². The van der Waals surface area contributed by atoms with Crippen LogP contribution >= 0.6 is 12.2 Å². The predicted molar refractivity (Wildman–Crippen MR) is 142 cm³/mol. The normalized spacial score (nSPS) is 25.1. The van der Waals surface area contributed by atoms with E-state index in [0.717, 1.165) is 57.1 Å². The second kappa shape index (κ2) is 10.5. The molecular formula is C27H37N5O3S. The maximum Gasteiger partial charge on any atom is 0.262 e. The lowest BCUT2D eigenvalue weighted by Gasteiger charge is -2.48. The van der Waals surface area contributed by atoms with Crippen molar-refractivity contribution in [2.24, 2.45) is 17.6 Å². The van der Waals surface area contributed by atoms with Crippen molar-refractivity contribution in [1.29, 1.82) is 0 Å². The second-order valence-electron chi connectivity index (χ2n) is 10.9. The minimum Gasteiger partial charge on any atom is -0.368 e. The molecule has 3 aliphatic rings. The first-order valence-corrected chi connectivity index (χ1v) is 13.9. The van der Waals surface area contributed by atoms with Crippen molar-refractivity contribution in [3.05, 3.63) is 39.4 Å². The Morgan fingerprint density at radius 3 is 2.33 bits per heavy atom. The van der Waals surface area contributed by atoms with Crippen LogP contribution in [0.2, 0.25) is 0 Å². The molecule has 3 fully saturated rings. The molecule has 1 aromatic carbocycles. The standard InChI is InChI=1S/C27H37N5O3S/c28-25(35)27(31-14-4-1-5-15-31)12-16-30(17-13-27)23(33)20-10-8-19(9-11-20)18-32-24(34)21-6-2-3-7-22(21)29-26(32)36/h2-3,6-7,19-20H,1,4-5,8-18H2,(H2,28,35)(H,29,36). The number of H-pyrrole nitrogens is 1. The number of aromatic amines is 1. The summed E-state index contributed by atoms with van der Waals surface area (Å²) in [5.74, 6) is 0.316. The Labute approximate surface area is 216 Å². The average Bonchev–Trinajstić information content (AvgIpc) is 2.91. The zero-order valence-electron chi connectivity index (χ0n) is 20.9. The van der Waals surface area contributed by atoms with Crippen LogP contribution in [-0.2, 0) is 16.1 Å². The number of aromatic nitrogens is 2. The van der Waals surface area contributed by atoms with Gasteiger partial charge in [0.1, 0.15) is 5.54 Å². The molecule has 3 heterocycles. The minimum atomic E-state index is -0.596. The van der Waals surface area contributed by atoms with Gasteiger partial charge in [-0.25, -0.2) is 0 Å². The van der Waals surface area contributed by atoms with E-state index in [0.29, 0.717) is 48.6 Å². The van der Waals surface area contributed by atoms with E-state index in [4.69, 9.17) is 18.0 Å². The highest BCUT2D eigenvalue weighted by molar-refractivity contribution is 7.71. The highest BCUT2D eigenvalue weighted by atomic mass is 32.1. The summed E-state index contributed by atoms with van der Waals surface area (Å²) in [6, 6.07) is 7.45. The lowest BCUT2D eigenvalue weighted by molar-refractivity contribution is -0.145. The Kier molecular flexibility index (Phi) is 7.30. The van der Waals surface area contributed by atoms with Gasteiger partial charge < -0.3 is 15.6 Å². The van der Waals surface area contributed by atoms with Crippen molar-refractivity contribution in [3.63, 3.8) is 0 Å². The van der Waals surface area contributed by atoms with Gasteiger partial charge >= 0.3 is 0 Å². The van der Waals surface area contributed by atoms with Gasteiger partial charge in [-0.2, -0.15) is 0 Å². The molecule has 2 saturated heterocycles. The summed E-state index contributed by atoms with van der Waals surface area (Å²) in [6.07, 6.45) is 8.14. The van der Waals surface area contributed by atoms with Gasteiger partial charge in [0.25, 0.3) is 5.56 Å². The summed E-state index contributed by atoms with van der Waals surface area (Å²) in [4.78, 5) is 46.3. The molecule has 2 amide bonds. The molecule has 3 N–H and O–H groups in total. The van der Waals surface area contributed by atoms with E-state index in [-0.39, 0.29) is 23.3 Å². The summed E-state index contributed by atoms with van der Waals surface area (Å²) >= 11 is 5.48. The molecule has 1 aromatic heterocycles. The molecule has 0 spiro atoms. The van der Waals surface area contributed by atoms with Crippen LogP contribution in [0.5, 0.6) is 0 Å². The van der Waals surface area contributed by atoms with E-state index in [1.807, 2.05) is 29.2 Å². The van der Waals surface area contributed by atoms with E-state index in [1.165, 1.54) is 6.42 Å². The number of amides is 2. The Morgan fingerprint density at radius 1 is 1.00 bits per heavy atom. The van der Waals surface area contributed by atoms with Crippen LogP contribution in [0, 0.1) is 16.6 Å². The number of hydrogen-bond donors (Lipinski definition) is 2. The number of piperidine rings is 2. The Hall–Kier alpha value is -2.52. The van der Waals surface area contributed by atoms with Gasteiger partial charge in [-0.05, 0) is 94.7 Å². The molecular weight excluding hydrogens is 474 g/mol.